The van der Waals surface area contributed by atoms with E-state index in [1.165, 1.54) is 6.33 Å². The molecule has 0 aromatic carbocycles. The van der Waals surface area contributed by atoms with Gasteiger partial charge in [-0.05, 0) is 5.92 Å². The van der Waals surface area contributed by atoms with Crippen LogP contribution in [0.5, 0.6) is 0 Å². The number of hydrogen-bond donors (Lipinski definition) is 3. The first-order chi connectivity index (χ1) is 8.06. The van der Waals surface area contributed by atoms with E-state index in [-0.39, 0.29) is 12.3 Å². The lowest BCUT2D eigenvalue weighted by molar-refractivity contribution is -0.137. The van der Waals surface area contributed by atoms with E-state index in [9.17, 15) is 4.79 Å². The van der Waals surface area contributed by atoms with Gasteiger partial charge in [0.25, 0.3) is 0 Å². The minimum absolute atomic E-state index is 0.00208. The number of carboxylic acid groups (broad SMARTS) is 1. The monoisotopic (exact) mass is 235 g/mol. The molecule has 0 saturated carbocycles. The fraction of sp³-hybridized carbons (Fsp3) is 0.400. The van der Waals surface area contributed by atoms with Crippen molar-refractivity contribution in [2.45, 2.75) is 19.8 Å². The molecule has 0 amide bonds. The predicted octanol–water partition coefficient (Wildman–Crippen LogP) is 0.588. The lowest BCUT2D eigenvalue weighted by Crippen LogP contribution is -2.07. The minimum Gasteiger partial charge on any atom is -0.481 e. The Morgan fingerprint density at radius 2 is 2.35 bits per heavy atom. The van der Waals surface area contributed by atoms with Crippen molar-refractivity contribution in [3.63, 3.8) is 0 Å². The van der Waals surface area contributed by atoms with Crippen molar-refractivity contribution in [1.82, 2.24) is 19.9 Å². The minimum atomic E-state index is -0.812. The van der Waals surface area contributed by atoms with Crippen molar-refractivity contribution < 1.29 is 9.90 Å². The molecule has 0 spiro atoms. The topological polar surface area (TPSA) is 118 Å². The molecule has 2 aromatic rings. The van der Waals surface area contributed by atoms with Gasteiger partial charge in [0, 0.05) is 12.8 Å². The number of anilines is 1. The number of rotatable bonds is 4. The summed E-state index contributed by atoms with van der Waals surface area (Å²) in [6.45, 7) is 1.86. The highest BCUT2D eigenvalue weighted by molar-refractivity contribution is 5.80. The molecule has 0 bridgehead atoms. The van der Waals surface area contributed by atoms with Crippen LogP contribution < -0.4 is 5.73 Å². The van der Waals surface area contributed by atoms with Crippen LogP contribution >= 0.6 is 0 Å². The van der Waals surface area contributed by atoms with Crippen LogP contribution in [0.4, 0.5) is 5.82 Å². The quantitative estimate of drug-likeness (QED) is 0.713. The van der Waals surface area contributed by atoms with Gasteiger partial charge in [0.05, 0.1) is 0 Å². The Labute approximate surface area is 97.1 Å². The van der Waals surface area contributed by atoms with Crippen molar-refractivity contribution >= 4 is 23.0 Å². The van der Waals surface area contributed by atoms with Gasteiger partial charge < -0.3 is 15.8 Å². The number of aromatic amines is 1. The van der Waals surface area contributed by atoms with E-state index < -0.39 is 5.97 Å². The SMILES string of the molecule is CC(CC(=O)O)Cc1nc2ncnc(N)c2[nH]1. The molecular weight excluding hydrogens is 222 g/mol. The Morgan fingerprint density at radius 1 is 1.59 bits per heavy atom. The first kappa shape index (κ1) is 11.3. The van der Waals surface area contributed by atoms with Crippen molar-refractivity contribution in [1.29, 1.82) is 0 Å². The van der Waals surface area contributed by atoms with Crippen LogP contribution in [0.25, 0.3) is 11.2 Å². The zero-order valence-corrected chi connectivity index (χ0v) is 9.34. The number of nitrogen functional groups attached to an aromatic ring is 1. The second-order valence-corrected chi connectivity index (χ2v) is 4.05. The predicted molar refractivity (Wildman–Crippen MR) is 61.2 cm³/mol. The molecule has 2 aromatic heterocycles. The summed E-state index contributed by atoms with van der Waals surface area (Å²) >= 11 is 0. The van der Waals surface area contributed by atoms with E-state index in [1.807, 2.05) is 6.92 Å². The van der Waals surface area contributed by atoms with Crippen LogP contribution in [0.2, 0.25) is 0 Å². The molecule has 0 aliphatic heterocycles. The molecular formula is C10H13N5O2. The molecule has 0 aliphatic carbocycles. The van der Waals surface area contributed by atoms with Crippen LogP contribution in [0.3, 0.4) is 0 Å². The van der Waals surface area contributed by atoms with Gasteiger partial charge in [-0.15, -0.1) is 0 Å². The standard InChI is InChI=1S/C10H13N5O2/c1-5(3-7(16)17)2-6-14-8-9(11)12-4-13-10(8)15-6/h4-5H,2-3H2,1H3,(H,16,17)(H3,11,12,13,14,15). The van der Waals surface area contributed by atoms with Gasteiger partial charge in [0.2, 0.25) is 0 Å². The molecule has 17 heavy (non-hydrogen) atoms. The summed E-state index contributed by atoms with van der Waals surface area (Å²) in [4.78, 5) is 25.6. The number of aliphatic carboxylic acids is 1. The third-order valence-electron chi connectivity index (χ3n) is 2.43. The largest absolute Gasteiger partial charge is 0.481 e. The zero-order valence-electron chi connectivity index (χ0n) is 9.34. The number of imidazole rings is 1. The van der Waals surface area contributed by atoms with E-state index in [4.69, 9.17) is 10.8 Å². The van der Waals surface area contributed by atoms with Crippen LogP contribution in [0.15, 0.2) is 6.33 Å². The van der Waals surface area contributed by atoms with Gasteiger partial charge in [0.1, 0.15) is 17.7 Å². The van der Waals surface area contributed by atoms with E-state index in [2.05, 4.69) is 19.9 Å². The molecule has 1 atom stereocenters. The van der Waals surface area contributed by atoms with Gasteiger partial charge in [-0.2, -0.15) is 0 Å². The summed E-state index contributed by atoms with van der Waals surface area (Å²) in [5, 5.41) is 8.67. The smallest absolute Gasteiger partial charge is 0.303 e. The Balaban J connectivity index is 2.20. The molecule has 0 saturated heterocycles. The van der Waals surface area contributed by atoms with Crippen LogP contribution in [-0.2, 0) is 11.2 Å². The summed E-state index contributed by atoms with van der Waals surface area (Å²) < 4.78 is 0. The molecule has 1 unspecified atom stereocenters. The Morgan fingerprint density at radius 3 is 3.00 bits per heavy atom. The summed E-state index contributed by atoms with van der Waals surface area (Å²) in [6.07, 6.45) is 2.00. The maximum Gasteiger partial charge on any atom is 0.303 e. The second kappa shape index (κ2) is 4.36. The Hall–Kier alpha value is -2.18. The van der Waals surface area contributed by atoms with Crippen molar-refractivity contribution in [2.24, 2.45) is 5.92 Å². The van der Waals surface area contributed by atoms with Gasteiger partial charge >= 0.3 is 5.97 Å². The number of aromatic nitrogens is 4. The zero-order chi connectivity index (χ0) is 12.4. The van der Waals surface area contributed by atoms with Crippen molar-refractivity contribution in [2.75, 3.05) is 5.73 Å². The maximum absolute atomic E-state index is 10.6. The number of hydrogen-bond acceptors (Lipinski definition) is 5. The second-order valence-electron chi connectivity index (χ2n) is 4.05. The van der Waals surface area contributed by atoms with Crippen molar-refractivity contribution in [3.8, 4) is 0 Å². The normalized spacial score (nSPS) is 12.8. The summed E-state index contributed by atoms with van der Waals surface area (Å²) in [7, 11) is 0. The summed E-state index contributed by atoms with van der Waals surface area (Å²) in [5.74, 6) is 0.218. The molecule has 0 radical (unpaired) electrons. The number of carbonyl (C=O) groups is 1. The average molecular weight is 235 g/mol. The van der Waals surface area contributed by atoms with Gasteiger partial charge in [-0.25, -0.2) is 15.0 Å². The van der Waals surface area contributed by atoms with Crippen LogP contribution in [0.1, 0.15) is 19.2 Å². The number of nitrogens with zero attached hydrogens (tertiary/aromatic N) is 3. The fourth-order valence-electron chi connectivity index (χ4n) is 1.69. The number of fused-ring (bicyclic) bond motifs is 1. The van der Waals surface area contributed by atoms with Crippen molar-refractivity contribution in [3.05, 3.63) is 12.2 Å². The molecule has 4 N–H and O–H groups in total. The highest BCUT2D eigenvalue weighted by Gasteiger charge is 2.13. The van der Waals surface area contributed by atoms with Crippen LogP contribution in [0, 0.1) is 5.92 Å². The van der Waals surface area contributed by atoms with E-state index in [0.717, 1.165) is 0 Å². The molecule has 2 heterocycles. The fourth-order valence-corrected chi connectivity index (χ4v) is 1.69. The van der Waals surface area contributed by atoms with E-state index in [0.29, 0.717) is 29.2 Å². The Bertz CT molecular complexity index is 551. The first-order valence-corrected chi connectivity index (χ1v) is 5.23. The van der Waals surface area contributed by atoms with E-state index >= 15 is 0 Å². The highest BCUT2D eigenvalue weighted by Crippen LogP contribution is 2.16. The van der Waals surface area contributed by atoms with Gasteiger partial charge in [-0.1, -0.05) is 6.92 Å². The summed E-state index contributed by atoms with van der Waals surface area (Å²) in [6, 6.07) is 0. The summed E-state index contributed by atoms with van der Waals surface area (Å²) in [5.41, 5.74) is 6.78. The molecule has 7 heteroatoms. The van der Waals surface area contributed by atoms with Gasteiger partial charge in [-0.3, -0.25) is 4.79 Å². The lowest BCUT2D eigenvalue weighted by Gasteiger charge is -2.04. The first-order valence-electron chi connectivity index (χ1n) is 5.23. The number of carboxylic acids is 1. The van der Waals surface area contributed by atoms with Gasteiger partial charge in [0.15, 0.2) is 11.5 Å². The van der Waals surface area contributed by atoms with Crippen LogP contribution in [-0.4, -0.2) is 31.0 Å². The molecule has 2 rings (SSSR count). The molecule has 0 fully saturated rings. The molecule has 0 aliphatic rings. The number of H-pyrrole nitrogens is 1. The molecule has 7 nitrogen and oxygen atoms in total. The van der Waals surface area contributed by atoms with E-state index in [1.54, 1.807) is 0 Å². The number of nitrogens with two attached hydrogens (primary N) is 1. The number of nitrogens with one attached hydrogen (secondary N) is 1. The third kappa shape index (κ3) is 2.49. The maximum atomic E-state index is 10.6. The molecule has 90 valence electrons. The lowest BCUT2D eigenvalue weighted by atomic mass is 10.0. The average Bonchev–Trinajstić information content (AvgIpc) is 2.60. The third-order valence-corrected chi connectivity index (χ3v) is 2.43. The Kier molecular flexibility index (Phi) is 2.90. The highest BCUT2D eigenvalue weighted by atomic mass is 16.4.